The van der Waals surface area contributed by atoms with E-state index < -0.39 is 0 Å². The summed E-state index contributed by atoms with van der Waals surface area (Å²) < 4.78 is 15.3. The number of ether oxygens (including phenoxy) is 2. The number of fused-ring (bicyclic) bond motifs is 2. The van der Waals surface area contributed by atoms with Crippen molar-refractivity contribution in [1.82, 2.24) is 29.1 Å². The Labute approximate surface area is 328 Å². The van der Waals surface area contributed by atoms with Gasteiger partial charge in [0.15, 0.2) is 11.6 Å². The van der Waals surface area contributed by atoms with Crippen molar-refractivity contribution in [2.45, 2.75) is 89.9 Å². The van der Waals surface area contributed by atoms with Crippen LogP contribution < -0.4 is 31.6 Å². The summed E-state index contributed by atoms with van der Waals surface area (Å²) in [6.45, 7) is 3.46. The van der Waals surface area contributed by atoms with Crippen molar-refractivity contribution < 1.29 is 19.7 Å². The van der Waals surface area contributed by atoms with Crippen molar-refractivity contribution >= 4 is 45.6 Å². The number of benzene rings is 2. The minimum absolute atomic E-state index is 0.0339. The maximum Gasteiger partial charge on any atom is 0.222 e. The second kappa shape index (κ2) is 19.3. The molecule has 0 fully saturated rings. The van der Waals surface area contributed by atoms with E-state index in [1.807, 2.05) is 54.7 Å². The molecule has 0 aliphatic rings. The van der Waals surface area contributed by atoms with E-state index in [0.717, 1.165) is 95.2 Å². The van der Waals surface area contributed by atoms with Gasteiger partial charge in [-0.15, -0.1) is 0 Å². The van der Waals surface area contributed by atoms with Crippen LogP contribution in [-0.4, -0.2) is 78.8 Å². The van der Waals surface area contributed by atoms with Crippen LogP contribution in [-0.2, 0) is 19.5 Å². The number of hydrogen-bond donors (Lipinski definition) is 6. The molecule has 0 saturated heterocycles. The zero-order chi connectivity index (χ0) is 39.4. The smallest absolute Gasteiger partial charge is 0.222 e. The maximum absolute atomic E-state index is 10.1. The fourth-order valence-electron chi connectivity index (χ4n) is 7.42. The van der Waals surface area contributed by atoms with Crippen LogP contribution >= 0.6 is 0 Å². The zero-order valence-corrected chi connectivity index (χ0v) is 32.7. The van der Waals surface area contributed by atoms with E-state index in [1.54, 1.807) is 14.2 Å². The molecular formula is C42H56N10O4. The van der Waals surface area contributed by atoms with Crippen LogP contribution in [0.2, 0.25) is 0 Å². The number of methoxy groups -OCH3 is 2. The molecule has 14 nitrogen and oxygen atoms in total. The van der Waals surface area contributed by atoms with Crippen LogP contribution in [0.4, 0.5) is 23.5 Å². The molecule has 56 heavy (non-hydrogen) atoms. The largest absolute Gasteiger partial charge is 0.497 e. The molecule has 14 heteroatoms. The Bertz CT molecular complexity index is 2170. The molecule has 0 aliphatic carbocycles. The molecule has 0 spiro atoms. The van der Waals surface area contributed by atoms with Crippen LogP contribution in [0, 0.1) is 0 Å². The molecule has 4 heterocycles. The van der Waals surface area contributed by atoms with Gasteiger partial charge in [-0.3, -0.25) is 0 Å². The number of aromatic nitrogens is 6. The van der Waals surface area contributed by atoms with Crippen LogP contribution in [0.5, 0.6) is 11.5 Å². The lowest BCUT2D eigenvalue weighted by molar-refractivity contribution is 0.275. The molecule has 2 unspecified atom stereocenters. The van der Waals surface area contributed by atoms with E-state index in [9.17, 15) is 10.2 Å². The lowest BCUT2D eigenvalue weighted by Gasteiger charge is -2.20. The van der Waals surface area contributed by atoms with Gasteiger partial charge in [-0.1, -0.05) is 56.5 Å². The highest BCUT2D eigenvalue weighted by Gasteiger charge is 2.21. The van der Waals surface area contributed by atoms with Gasteiger partial charge in [-0.2, -0.15) is 9.97 Å². The van der Waals surface area contributed by atoms with Gasteiger partial charge in [0.1, 0.15) is 22.5 Å². The first-order valence-electron chi connectivity index (χ1n) is 19.6. The summed E-state index contributed by atoms with van der Waals surface area (Å²) in [6, 6.07) is 17.9. The minimum Gasteiger partial charge on any atom is -0.497 e. The van der Waals surface area contributed by atoms with Crippen molar-refractivity contribution in [3.05, 3.63) is 83.7 Å². The molecule has 2 aromatic carbocycles. The molecule has 0 saturated carbocycles. The number of nitrogens with one attached hydrogen (secondary N) is 2. The summed E-state index contributed by atoms with van der Waals surface area (Å²) in [7, 11) is 3.34. The third-order valence-corrected chi connectivity index (χ3v) is 10.3. The lowest BCUT2D eigenvalue weighted by Crippen LogP contribution is -2.23. The van der Waals surface area contributed by atoms with Gasteiger partial charge < -0.3 is 50.9 Å². The number of unbranched alkanes of at least 4 members (excludes halogenated alkanes) is 2. The third kappa shape index (κ3) is 9.79. The molecule has 0 aliphatic heterocycles. The summed E-state index contributed by atoms with van der Waals surface area (Å²) in [4.78, 5) is 18.6. The average molecular weight is 765 g/mol. The number of nitrogens with zero attached hydrogens (tertiary/aromatic N) is 6. The number of nitrogen functional groups attached to an aromatic ring is 2. The Hall–Kier alpha value is -5.60. The van der Waals surface area contributed by atoms with E-state index >= 15 is 0 Å². The first-order valence-corrected chi connectivity index (χ1v) is 19.6. The van der Waals surface area contributed by atoms with Crippen LogP contribution in [0.3, 0.4) is 0 Å². The first-order chi connectivity index (χ1) is 27.3. The predicted octanol–water partition coefficient (Wildman–Crippen LogP) is 6.38. The molecule has 0 radical (unpaired) electrons. The van der Waals surface area contributed by atoms with Gasteiger partial charge in [-0.05, 0) is 73.9 Å². The highest BCUT2D eigenvalue weighted by molar-refractivity contribution is 5.90. The standard InChI is InChI=1S/C42H56N10O4/c1-4-5-12-31(20-23-53)46-40-38-36(48-42(44)50-40)30(27-52(38)26-29-10-7-9-14-35(29)56-3)11-6-8-13-32(21-24-54)45-39-37-34(47-41(43)49-39)19-22-51(37)25-28-15-17-33(55-2)18-16-28/h7,9-10,14-19,22,27,31-32,53-54H,4-6,8,11-13,20-21,23-26H2,1-3H3,(H3,43,45,47,49)(H3,44,46,48,50). The van der Waals surface area contributed by atoms with Crippen LogP contribution in [0.25, 0.3) is 22.1 Å². The zero-order valence-electron chi connectivity index (χ0n) is 32.7. The molecule has 4 aromatic heterocycles. The minimum atomic E-state index is -0.0472. The Balaban J connectivity index is 1.22. The number of aliphatic hydroxyl groups excluding tert-OH is 2. The predicted molar refractivity (Wildman–Crippen MR) is 223 cm³/mol. The molecule has 298 valence electrons. The Morgan fingerprint density at radius 1 is 0.696 bits per heavy atom. The summed E-state index contributed by atoms with van der Waals surface area (Å²) in [5, 5.41) is 27.2. The highest BCUT2D eigenvalue weighted by Crippen LogP contribution is 2.32. The maximum atomic E-state index is 10.1. The van der Waals surface area contributed by atoms with Crippen LogP contribution in [0.1, 0.15) is 75.0 Å². The summed E-state index contributed by atoms with van der Waals surface area (Å²) >= 11 is 0. The number of anilines is 4. The van der Waals surface area contributed by atoms with Gasteiger partial charge in [0.2, 0.25) is 11.9 Å². The topological polar surface area (TPSA) is 196 Å². The highest BCUT2D eigenvalue weighted by atomic mass is 16.5. The molecule has 6 aromatic rings. The average Bonchev–Trinajstić information content (AvgIpc) is 3.76. The second-order valence-corrected chi connectivity index (χ2v) is 14.3. The van der Waals surface area contributed by atoms with E-state index in [1.165, 1.54) is 0 Å². The van der Waals surface area contributed by atoms with Crippen molar-refractivity contribution in [3.8, 4) is 11.5 Å². The number of nitrogens with two attached hydrogens (primary N) is 2. The van der Waals surface area contributed by atoms with E-state index in [4.69, 9.17) is 30.9 Å². The van der Waals surface area contributed by atoms with Gasteiger partial charge in [0.05, 0.1) is 31.8 Å². The molecule has 0 bridgehead atoms. The van der Waals surface area contributed by atoms with Gasteiger partial charge in [0.25, 0.3) is 0 Å². The summed E-state index contributed by atoms with van der Waals surface area (Å²) in [5.74, 6) is 3.32. The van der Waals surface area contributed by atoms with E-state index in [2.05, 4.69) is 48.9 Å². The third-order valence-electron chi connectivity index (χ3n) is 10.3. The molecule has 6 rings (SSSR count). The second-order valence-electron chi connectivity index (χ2n) is 14.3. The number of rotatable bonds is 22. The van der Waals surface area contributed by atoms with Crippen molar-refractivity contribution in [2.75, 3.05) is 49.5 Å². The van der Waals surface area contributed by atoms with Crippen LogP contribution in [0.15, 0.2) is 67.0 Å². The fraction of sp³-hybridized carbons (Fsp3) is 0.429. The lowest BCUT2D eigenvalue weighted by atomic mass is 10.0. The monoisotopic (exact) mass is 764 g/mol. The number of aryl methyl sites for hydroxylation is 1. The molecule has 8 N–H and O–H groups in total. The Morgan fingerprint density at radius 2 is 1.38 bits per heavy atom. The fourth-order valence-corrected chi connectivity index (χ4v) is 7.42. The quantitative estimate of drug-likeness (QED) is 0.0418. The van der Waals surface area contributed by atoms with Gasteiger partial charge in [-0.25, -0.2) is 9.97 Å². The van der Waals surface area contributed by atoms with Crippen molar-refractivity contribution in [1.29, 1.82) is 0 Å². The number of aliphatic hydroxyl groups is 2. The molecule has 2 atom stereocenters. The number of hydrogen-bond acceptors (Lipinski definition) is 12. The van der Waals surface area contributed by atoms with E-state index in [0.29, 0.717) is 37.6 Å². The van der Waals surface area contributed by atoms with Crippen molar-refractivity contribution in [3.63, 3.8) is 0 Å². The van der Waals surface area contributed by atoms with Gasteiger partial charge in [0, 0.05) is 49.8 Å². The Kier molecular flexibility index (Phi) is 13.8. The van der Waals surface area contributed by atoms with E-state index in [-0.39, 0.29) is 37.2 Å². The van der Waals surface area contributed by atoms with Gasteiger partial charge >= 0.3 is 0 Å². The summed E-state index contributed by atoms with van der Waals surface area (Å²) in [5.41, 5.74) is 19.1. The summed E-state index contributed by atoms with van der Waals surface area (Å²) in [6.07, 6.45) is 11.6. The first kappa shape index (κ1) is 40.1. The Morgan fingerprint density at radius 3 is 2.05 bits per heavy atom. The molecular weight excluding hydrogens is 709 g/mol. The SMILES string of the molecule is CCCCC(CCO)Nc1nc(N)nc2c(CCCCC(CCO)Nc3nc(N)nc4ccn(Cc5ccc(OC)cc5)c34)cn(Cc3ccccc3OC)c12. The normalized spacial score (nSPS) is 12.6. The number of para-hydroxylation sites is 1. The molecule has 0 amide bonds. The van der Waals surface area contributed by atoms with Crippen molar-refractivity contribution in [2.24, 2.45) is 0 Å².